The maximum Gasteiger partial charge on any atom is 0.317 e. The molecule has 0 amide bonds. The van der Waals surface area contributed by atoms with Crippen LogP contribution in [0.1, 0.15) is 44.6 Å². The van der Waals surface area contributed by atoms with Gasteiger partial charge in [0.2, 0.25) is 0 Å². The number of rotatable bonds is 7. The summed E-state index contributed by atoms with van der Waals surface area (Å²) in [5.74, 6) is -0.132. The fourth-order valence-corrected chi connectivity index (χ4v) is 3.63. The fourth-order valence-electron chi connectivity index (χ4n) is 3.63. The number of ether oxygens (including phenoxy) is 1. The normalized spacial score (nSPS) is 23.5. The van der Waals surface area contributed by atoms with Crippen LogP contribution in [0.2, 0.25) is 0 Å². The number of esters is 1. The third-order valence-electron chi connectivity index (χ3n) is 4.87. The zero-order valence-corrected chi connectivity index (χ0v) is 14.4. The molecule has 0 saturated heterocycles. The average molecular weight is 326 g/mol. The number of allylic oxidation sites excluding steroid dienone is 1. The predicted octanol–water partition coefficient (Wildman–Crippen LogP) is 4.63. The van der Waals surface area contributed by atoms with Gasteiger partial charge < -0.3 is 4.74 Å². The minimum absolute atomic E-state index is 0.00735. The van der Waals surface area contributed by atoms with E-state index >= 15 is 0 Å². The predicted molar refractivity (Wildman–Crippen MR) is 95.3 cm³/mol. The van der Waals surface area contributed by atoms with Crippen LogP contribution in [-0.2, 0) is 20.9 Å². The van der Waals surface area contributed by atoms with Crippen LogP contribution in [0.4, 0.5) is 0 Å². The molecule has 1 aliphatic carbocycles. The number of carbonyl (C=O) groups is 2. The SMILES string of the molecule is C=CCC1CCC[C@](CC(C)=O)(C(=O)OCc2ccccc2)C1=C. The highest BCUT2D eigenvalue weighted by Crippen LogP contribution is 2.48. The van der Waals surface area contributed by atoms with E-state index in [0.717, 1.165) is 30.4 Å². The number of ketones is 1. The Hall–Kier alpha value is -2.16. The smallest absolute Gasteiger partial charge is 0.317 e. The number of hydrogen-bond donors (Lipinski definition) is 0. The molecule has 2 rings (SSSR count). The van der Waals surface area contributed by atoms with Crippen molar-refractivity contribution in [1.29, 1.82) is 0 Å². The summed E-state index contributed by atoms with van der Waals surface area (Å²) >= 11 is 0. The summed E-state index contributed by atoms with van der Waals surface area (Å²) in [6.45, 7) is 9.74. The molecule has 0 aliphatic heterocycles. The van der Waals surface area contributed by atoms with Crippen LogP contribution in [0.3, 0.4) is 0 Å². The molecule has 1 unspecified atom stereocenters. The average Bonchev–Trinajstić information content (AvgIpc) is 2.57. The highest BCUT2D eigenvalue weighted by molar-refractivity contribution is 5.88. The topological polar surface area (TPSA) is 43.4 Å². The van der Waals surface area contributed by atoms with Gasteiger partial charge in [0, 0.05) is 6.42 Å². The van der Waals surface area contributed by atoms with E-state index in [4.69, 9.17) is 4.74 Å². The molecule has 1 saturated carbocycles. The summed E-state index contributed by atoms with van der Waals surface area (Å²) < 4.78 is 5.59. The maximum atomic E-state index is 12.9. The van der Waals surface area contributed by atoms with Gasteiger partial charge in [0.25, 0.3) is 0 Å². The van der Waals surface area contributed by atoms with Crippen LogP contribution in [0.25, 0.3) is 0 Å². The third-order valence-corrected chi connectivity index (χ3v) is 4.87. The standard InChI is InChI=1S/C21H26O3/c1-4-9-19-12-8-13-21(17(19)3,14-16(2)22)20(23)24-15-18-10-6-5-7-11-18/h4-7,10-11,19H,1,3,8-9,12-15H2,2H3/t19?,21-/m1/s1. The molecule has 0 heterocycles. The van der Waals surface area contributed by atoms with Gasteiger partial charge in [-0.25, -0.2) is 0 Å². The van der Waals surface area contributed by atoms with Gasteiger partial charge in [-0.05, 0) is 37.7 Å². The van der Waals surface area contributed by atoms with E-state index in [2.05, 4.69) is 13.2 Å². The lowest BCUT2D eigenvalue weighted by molar-refractivity contribution is -0.158. The van der Waals surface area contributed by atoms with E-state index in [9.17, 15) is 9.59 Å². The van der Waals surface area contributed by atoms with E-state index in [1.165, 1.54) is 6.92 Å². The minimum atomic E-state index is -0.882. The molecule has 1 aromatic carbocycles. The Balaban J connectivity index is 2.19. The first kappa shape index (κ1) is 18.2. The molecule has 1 aromatic rings. The van der Waals surface area contributed by atoms with Crippen molar-refractivity contribution < 1.29 is 14.3 Å². The number of benzene rings is 1. The van der Waals surface area contributed by atoms with Gasteiger partial charge in [-0.3, -0.25) is 9.59 Å². The van der Waals surface area contributed by atoms with Crippen LogP contribution in [0.5, 0.6) is 0 Å². The van der Waals surface area contributed by atoms with Gasteiger partial charge in [0.05, 0.1) is 5.41 Å². The number of Topliss-reactive ketones (excluding diaryl/α,β-unsaturated/α-hetero) is 1. The number of carbonyl (C=O) groups excluding carboxylic acids is 2. The maximum absolute atomic E-state index is 12.9. The van der Waals surface area contributed by atoms with Crippen molar-refractivity contribution in [3.63, 3.8) is 0 Å². The Morgan fingerprint density at radius 1 is 1.33 bits per heavy atom. The monoisotopic (exact) mass is 326 g/mol. The Bertz CT molecular complexity index is 617. The third kappa shape index (κ3) is 4.02. The Morgan fingerprint density at radius 2 is 2.04 bits per heavy atom. The van der Waals surface area contributed by atoms with Crippen molar-refractivity contribution in [2.24, 2.45) is 11.3 Å². The summed E-state index contributed by atoms with van der Waals surface area (Å²) in [6, 6.07) is 9.58. The van der Waals surface area contributed by atoms with Gasteiger partial charge in [0.1, 0.15) is 12.4 Å². The van der Waals surface area contributed by atoms with Crippen molar-refractivity contribution in [3.05, 3.63) is 60.7 Å². The lowest BCUT2D eigenvalue weighted by Gasteiger charge is -2.40. The van der Waals surface area contributed by atoms with Crippen molar-refractivity contribution in [1.82, 2.24) is 0 Å². The van der Waals surface area contributed by atoms with Crippen molar-refractivity contribution in [3.8, 4) is 0 Å². The first-order chi connectivity index (χ1) is 11.5. The van der Waals surface area contributed by atoms with Gasteiger partial charge in [-0.2, -0.15) is 0 Å². The van der Waals surface area contributed by atoms with Gasteiger partial charge in [-0.15, -0.1) is 6.58 Å². The van der Waals surface area contributed by atoms with Crippen molar-refractivity contribution in [2.75, 3.05) is 0 Å². The first-order valence-corrected chi connectivity index (χ1v) is 8.50. The second-order valence-corrected chi connectivity index (χ2v) is 6.66. The number of hydrogen-bond acceptors (Lipinski definition) is 3. The zero-order chi connectivity index (χ0) is 17.6. The molecule has 1 aliphatic rings. The van der Waals surface area contributed by atoms with E-state index < -0.39 is 5.41 Å². The second kappa shape index (κ2) is 8.09. The first-order valence-electron chi connectivity index (χ1n) is 8.50. The summed E-state index contributed by atoms with van der Waals surface area (Å²) in [5.41, 5.74) is 0.891. The summed E-state index contributed by atoms with van der Waals surface area (Å²) in [5, 5.41) is 0. The quantitative estimate of drug-likeness (QED) is 0.542. The zero-order valence-electron chi connectivity index (χ0n) is 14.4. The van der Waals surface area contributed by atoms with E-state index in [0.29, 0.717) is 6.42 Å². The van der Waals surface area contributed by atoms with Crippen molar-refractivity contribution in [2.45, 2.75) is 45.6 Å². The summed E-state index contributed by atoms with van der Waals surface area (Å²) in [6.07, 6.45) is 5.32. The van der Waals surface area contributed by atoms with Gasteiger partial charge in [-0.1, -0.05) is 55.0 Å². The molecule has 2 atom stereocenters. The molecule has 0 bridgehead atoms. The lowest BCUT2D eigenvalue weighted by Crippen LogP contribution is -2.41. The molecule has 0 spiro atoms. The van der Waals surface area contributed by atoms with Gasteiger partial charge >= 0.3 is 5.97 Å². The molecule has 0 radical (unpaired) electrons. The van der Waals surface area contributed by atoms with Crippen LogP contribution in [0.15, 0.2) is 55.1 Å². The highest BCUT2D eigenvalue weighted by atomic mass is 16.5. The highest BCUT2D eigenvalue weighted by Gasteiger charge is 2.47. The van der Waals surface area contributed by atoms with Crippen LogP contribution >= 0.6 is 0 Å². The lowest BCUT2D eigenvalue weighted by atomic mass is 9.63. The van der Waals surface area contributed by atoms with Crippen LogP contribution < -0.4 is 0 Å². The second-order valence-electron chi connectivity index (χ2n) is 6.66. The van der Waals surface area contributed by atoms with Gasteiger partial charge in [0.15, 0.2) is 0 Å². The van der Waals surface area contributed by atoms with E-state index in [-0.39, 0.29) is 30.7 Å². The molecular weight excluding hydrogens is 300 g/mol. The molecule has 1 fully saturated rings. The Morgan fingerprint density at radius 3 is 2.67 bits per heavy atom. The molecule has 0 N–H and O–H groups in total. The van der Waals surface area contributed by atoms with E-state index in [1.807, 2.05) is 36.4 Å². The molecular formula is C21H26O3. The summed E-state index contributed by atoms with van der Waals surface area (Å²) in [4.78, 5) is 24.8. The minimum Gasteiger partial charge on any atom is -0.460 e. The molecule has 128 valence electrons. The largest absolute Gasteiger partial charge is 0.460 e. The van der Waals surface area contributed by atoms with E-state index in [1.54, 1.807) is 0 Å². The molecule has 3 heteroatoms. The van der Waals surface area contributed by atoms with Crippen LogP contribution in [0, 0.1) is 11.3 Å². The Labute approximate surface area is 144 Å². The fraction of sp³-hybridized carbons (Fsp3) is 0.429. The molecule has 24 heavy (non-hydrogen) atoms. The summed E-state index contributed by atoms with van der Waals surface area (Å²) in [7, 11) is 0. The van der Waals surface area contributed by atoms with Crippen LogP contribution in [-0.4, -0.2) is 11.8 Å². The van der Waals surface area contributed by atoms with Crippen molar-refractivity contribution >= 4 is 11.8 Å². The molecule has 0 aromatic heterocycles. The molecule has 3 nitrogen and oxygen atoms in total. The Kier molecular flexibility index (Phi) is 6.13.